The first-order valence-corrected chi connectivity index (χ1v) is 11.4. The van der Waals surface area contributed by atoms with Crippen molar-refractivity contribution in [2.45, 2.75) is 30.6 Å². The molecule has 0 unspecified atom stereocenters. The van der Waals surface area contributed by atoms with Gasteiger partial charge in [-0.05, 0) is 74.2 Å². The Morgan fingerprint density at radius 2 is 1.69 bits per heavy atom. The summed E-state index contributed by atoms with van der Waals surface area (Å²) in [6.07, 6.45) is 4.23. The van der Waals surface area contributed by atoms with Crippen molar-refractivity contribution in [2.75, 3.05) is 10.0 Å². The Morgan fingerprint density at radius 3 is 2.38 bits per heavy atom. The van der Waals surface area contributed by atoms with Crippen LogP contribution in [-0.2, 0) is 22.9 Å². The van der Waals surface area contributed by atoms with Crippen molar-refractivity contribution in [1.29, 1.82) is 0 Å². The summed E-state index contributed by atoms with van der Waals surface area (Å²) in [6.45, 7) is 0. The van der Waals surface area contributed by atoms with E-state index >= 15 is 0 Å². The van der Waals surface area contributed by atoms with E-state index in [1.54, 1.807) is 0 Å². The van der Waals surface area contributed by atoms with Crippen molar-refractivity contribution in [3.63, 3.8) is 0 Å². The minimum absolute atomic E-state index is 0.0477. The molecule has 150 valence electrons. The highest BCUT2D eigenvalue weighted by Crippen LogP contribution is 2.29. The maximum Gasteiger partial charge on any atom is 0.261 e. The summed E-state index contributed by atoms with van der Waals surface area (Å²) in [5, 5.41) is 3.39. The molecule has 0 spiro atoms. The first-order valence-electron chi connectivity index (χ1n) is 9.09. The average Bonchev–Trinajstić information content (AvgIpc) is 3.11. The summed E-state index contributed by atoms with van der Waals surface area (Å²) in [6, 6.07) is 10.6. The fourth-order valence-corrected chi connectivity index (χ4v) is 5.20. The molecule has 0 saturated heterocycles. The lowest BCUT2D eigenvalue weighted by Crippen LogP contribution is -2.14. The van der Waals surface area contributed by atoms with Gasteiger partial charge >= 0.3 is 0 Å². The van der Waals surface area contributed by atoms with Gasteiger partial charge in [0.2, 0.25) is 0 Å². The molecule has 1 aliphatic carbocycles. The molecule has 1 aliphatic rings. The number of aromatic nitrogens is 1. The van der Waals surface area contributed by atoms with Crippen LogP contribution in [0, 0.1) is 5.82 Å². The molecule has 29 heavy (non-hydrogen) atoms. The number of benzene rings is 2. The summed E-state index contributed by atoms with van der Waals surface area (Å²) in [5.41, 5.74) is 1.76. The minimum Gasteiger partial charge on any atom is -0.298 e. The van der Waals surface area contributed by atoms with Crippen LogP contribution in [0.2, 0.25) is 0 Å². The number of sulfonamides is 1. The Labute approximate surface area is 171 Å². The van der Waals surface area contributed by atoms with Gasteiger partial charge in [0.05, 0.1) is 10.6 Å². The van der Waals surface area contributed by atoms with E-state index in [4.69, 9.17) is 0 Å². The molecule has 0 aliphatic heterocycles. The number of halogens is 1. The number of thiazole rings is 1. The summed E-state index contributed by atoms with van der Waals surface area (Å²) in [7, 11) is -3.84. The number of hydrogen-bond acceptors (Lipinski definition) is 5. The molecule has 2 N–H and O–H groups in total. The topological polar surface area (TPSA) is 88.2 Å². The van der Waals surface area contributed by atoms with Gasteiger partial charge in [-0.15, -0.1) is 11.3 Å². The fraction of sp³-hybridized carbons (Fsp3) is 0.200. The van der Waals surface area contributed by atoms with Crippen LogP contribution in [0.3, 0.4) is 0 Å². The van der Waals surface area contributed by atoms with E-state index in [1.165, 1.54) is 52.6 Å². The molecule has 0 bridgehead atoms. The Hall–Kier alpha value is -2.78. The van der Waals surface area contributed by atoms with Crippen LogP contribution in [0.4, 0.5) is 15.2 Å². The fourth-order valence-electron chi connectivity index (χ4n) is 3.09. The van der Waals surface area contributed by atoms with E-state index in [-0.39, 0.29) is 10.8 Å². The Bertz CT molecular complexity index is 1120. The van der Waals surface area contributed by atoms with Crippen LogP contribution in [0.1, 0.15) is 33.8 Å². The number of nitrogens with zero attached hydrogens (tertiary/aromatic N) is 1. The highest BCUT2D eigenvalue weighted by atomic mass is 32.2. The van der Waals surface area contributed by atoms with Gasteiger partial charge in [-0.2, -0.15) is 0 Å². The van der Waals surface area contributed by atoms with Gasteiger partial charge in [0, 0.05) is 16.1 Å². The monoisotopic (exact) mass is 431 g/mol. The van der Waals surface area contributed by atoms with E-state index in [9.17, 15) is 17.6 Å². The van der Waals surface area contributed by atoms with Crippen LogP contribution in [0.5, 0.6) is 0 Å². The van der Waals surface area contributed by atoms with Gasteiger partial charge in [0.1, 0.15) is 5.82 Å². The number of fused-ring (bicyclic) bond motifs is 1. The number of carbonyl (C=O) groups excluding carboxylic acids is 1. The van der Waals surface area contributed by atoms with E-state index in [1.807, 2.05) is 0 Å². The Morgan fingerprint density at radius 1 is 1.00 bits per heavy atom. The number of nitrogens with one attached hydrogen (secondary N) is 2. The van der Waals surface area contributed by atoms with Gasteiger partial charge in [0.25, 0.3) is 15.9 Å². The zero-order valence-corrected chi connectivity index (χ0v) is 16.9. The molecule has 0 radical (unpaired) electrons. The quantitative estimate of drug-likeness (QED) is 0.633. The van der Waals surface area contributed by atoms with Gasteiger partial charge in [0.15, 0.2) is 5.13 Å². The molecule has 0 fully saturated rings. The molecule has 9 heteroatoms. The normalized spacial score (nSPS) is 13.6. The summed E-state index contributed by atoms with van der Waals surface area (Å²) in [4.78, 5) is 18.1. The first-order chi connectivity index (χ1) is 13.9. The number of carbonyl (C=O) groups is 1. The average molecular weight is 432 g/mol. The largest absolute Gasteiger partial charge is 0.298 e. The molecule has 6 nitrogen and oxygen atoms in total. The predicted molar refractivity (Wildman–Crippen MR) is 110 cm³/mol. The molecule has 1 aromatic heterocycles. The zero-order chi connectivity index (χ0) is 20.4. The molecule has 4 rings (SSSR count). The lowest BCUT2D eigenvalue weighted by molar-refractivity contribution is 0.102. The standard InChI is InChI=1S/C20H18FN3O3S2/c21-14-7-11-16(12-8-14)29(26,27)24-15-9-5-13(6-10-15)19(25)23-20-22-17-3-1-2-4-18(17)28-20/h5-12,24H,1-4H2,(H,22,23,25). The Kier molecular flexibility index (Phi) is 5.33. The maximum atomic E-state index is 13.0. The van der Waals surface area contributed by atoms with Crippen molar-refractivity contribution in [1.82, 2.24) is 4.98 Å². The van der Waals surface area contributed by atoms with Gasteiger partial charge in [-0.3, -0.25) is 14.8 Å². The molecular formula is C20H18FN3O3S2. The number of amides is 1. The van der Waals surface area contributed by atoms with Gasteiger partial charge < -0.3 is 0 Å². The van der Waals surface area contributed by atoms with Crippen molar-refractivity contribution < 1.29 is 17.6 Å². The lowest BCUT2D eigenvalue weighted by Gasteiger charge is -2.09. The van der Waals surface area contributed by atoms with E-state index in [0.717, 1.165) is 43.5 Å². The molecule has 2 aromatic carbocycles. The smallest absolute Gasteiger partial charge is 0.261 e. The third kappa shape index (κ3) is 4.46. The first kappa shape index (κ1) is 19.5. The molecule has 0 saturated carbocycles. The number of anilines is 2. The second kappa shape index (κ2) is 7.92. The number of aryl methyl sites for hydroxylation is 2. The number of hydrogen-bond donors (Lipinski definition) is 2. The van der Waals surface area contributed by atoms with Crippen LogP contribution in [0.15, 0.2) is 53.4 Å². The SMILES string of the molecule is O=C(Nc1nc2c(s1)CCCC2)c1ccc(NS(=O)(=O)c2ccc(F)cc2)cc1. The Balaban J connectivity index is 1.44. The summed E-state index contributed by atoms with van der Waals surface area (Å²) >= 11 is 1.51. The highest BCUT2D eigenvalue weighted by Gasteiger charge is 2.18. The molecule has 0 atom stereocenters. The second-order valence-corrected chi connectivity index (χ2v) is 9.45. The van der Waals surface area contributed by atoms with Crippen LogP contribution >= 0.6 is 11.3 Å². The van der Waals surface area contributed by atoms with Gasteiger partial charge in [-0.25, -0.2) is 17.8 Å². The third-order valence-electron chi connectivity index (χ3n) is 4.59. The molecule has 3 aromatic rings. The highest BCUT2D eigenvalue weighted by molar-refractivity contribution is 7.92. The minimum atomic E-state index is -3.84. The van der Waals surface area contributed by atoms with Crippen LogP contribution in [0.25, 0.3) is 0 Å². The third-order valence-corrected chi connectivity index (χ3v) is 7.06. The lowest BCUT2D eigenvalue weighted by atomic mass is 10.0. The van der Waals surface area contributed by atoms with E-state index < -0.39 is 15.8 Å². The van der Waals surface area contributed by atoms with Crippen molar-refractivity contribution in [3.05, 3.63) is 70.5 Å². The van der Waals surface area contributed by atoms with E-state index in [0.29, 0.717) is 16.4 Å². The second-order valence-electron chi connectivity index (χ2n) is 6.69. The van der Waals surface area contributed by atoms with Crippen LogP contribution in [-0.4, -0.2) is 19.3 Å². The predicted octanol–water partition coefficient (Wildman–Crippen LogP) is 4.21. The molecular weight excluding hydrogens is 413 g/mol. The van der Waals surface area contributed by atoms with Crippen LogP contribution < -0.4 is 10.0 Å². The van der Waals surface area contributed by atoms with Crippen molar-refractivity contribution >= 4 is 38.1 Å². The number of rotatable bonds is 5. The maximum absolute atomic E-state index is 13.0. The molecule has 1 heterocycles. The van der Waals surface area contributed by atoms with E-state index in [2.05, 4.69) is 15.0 Å². The van der Waals surface area contributed by atoms with Gasteiger partial charge in [-0.1, -0.05) is 0 Å². The van der Waals surface area contributed by atoms with Crippen molar-refractivity contribution in [2.24, 2.45) is 0 Å². The summed E-state index contributed by atoms with van der Waals surface area (Å²) in [5.74, 6) is -0.815. The summed E-state index contributed by atoms with van der Waals surface area (Å²) < 4.78 is 40.1. The molecule has 1 amide bonds. The zero-order valence-electron chi connectivity index (χ0n) is 15.3. The van der Waals surface area contributed by atoms with Crippen molar-refractivity contribution in [3.8, 4) is 0 Å².